The van der Waals surface area contributed by atoms with Gasteiger partial charge in [0.25, 0.3) is 7.82 Å². The van der Waals surface area contributed by atoms with Gasteiger partial charge in [-0.25, -0.2) is 4.90 Å². The van der Waals surface area contributed by atoms with Crippen molar-refractivity contribution in [2.24, 2.45) is 0 Å². The Labute approximate surface area is 136 Å². The molecule has 0 aromatic carbocycles. The van der Waals surface area contributed by atoms with Crippen LogP contribution in [0, 0.1) is 0 Å². The van der Waals surface area contributed by atoms with Crippen LogP contribution in [0.1, 0.15) is 53.4 Å². The van der Waals surface area contributed by atoms with Gasteiger partial charge in [0, 0.05) is 6.92 Å². The van der Waals surface area contributed by atoms with Crippen LogP contribution in [0.25, 0.3) is 0 Å². The van der Waals surface area contributed by atoms with Gasteiger partial charge in [-0.05, 0) is 26.8 Å². The molecule has 22 heavy (non-hydrogen) atoms. The summed E-state index contributed by atoms with van der Waals surface area (Å²) in [6, 6.07) is 0.764. The topological polar surface area (TPSA) is 66.3 Å². The lowest BCUT2D eigenvalue weighted by Gasteiger charge is -2.22. The molecule has 1 aliphatic heterocycles. The maximum Gasteiger partial charge on any atom is 0.267 e. The van der Waals surface area contributed by atoms with E-state index in [9.17, 15) is 9.46 Å². The third kappa shape index (κ3) is 9.23. The Kier molecular flexibility index (Phi) is 11.6. The number of nitrogens with zero attached hydrogens (tertiary/aromatic N) is 1. The largest absolute Gasteiger partial charge is 0.756 e. The molecular formula is C15H35N2O4P. The summed E-state index contributed by atoms with van der Waals surface area (Å²) in [6.07, 6.45) is 4.01. The first-order chi connectivity index (χ1) is 10.2. The lowest BCUT2D eigenvalue weighted by atomic mass is 10.3. The van der Waals surface area contributed by atoms with E-state index in [-0.39, 0.29) is 13.2 Å². The van der Waals surface area contributed by atoms with E-state index in [0.29, 0.717) is 6.17 Å². The summed E-state index contributed by atoms with van der Waals surface area (Å²) in [6.45, 7) is 10.2. The van der Waals surface area contributed by atoms with Crippen molar-refractivity contribution in [1.29, 1.82) is 0 Å². The zero-order valence-electron chi connectivity index (χ0n) is 15.1. The lowest BCUT2D eigenvalue weighted by Crippen LogP contribution is -3.11. The van der Waals surface area contributed by atoms with E-state index >= 15 is 0 Å². The summed E-state index contributed by atoms with van der Waals surface area (Å²) >= 11 is 0. The van der Waals surface area contributed by atoms with E-state index in [1.807, 2.05) is 13.8 Å². The number of phosphoric ester groups is 1. The van der Waals surface area contributed by atoms with Gasteiger partial charge in [0.1, 0.15) is 6.17 Å². The number of rotatable bonds is 8. The molecule has 0 amide bonds. The minimum Gasteiger partial charge on any atom is -0.756 e. The third-order valence-electron chi connectivity index (χ3n) is 4.13. The molecule has 0 aromatic rings. The molecule has 7 heteroatoms. The predicted molar refractivity (Wildman–Crippen MR) is 87.8 cm³/mol. The van der Waals surface area contributed by atoms with Crippen LogP contribution < -0.4 is 9.79 Å². The summed E-state index contributed by atoms with van der Waals surface area (Å²) in [5, 5.41) is 0. The zero-order valence-corrected chi connectivity index (χ0v) is 16.0. The van der Waals surface area contributed by atoms with E-state index in [2.05, 4.69) is 41.9 Å². The van der Waals surface area contributed by atoms with Crippen LogP contribution >= 0.6 is 7.82 Å². The van der Waals surface area contributed by atoms with Gasteiger partial charge in [-0.15, -0.1) is 0 Å². The maximum atomic E-state index is 11.0. The molecule has 1 N–H and O–H groups in total. The number of quaternary nitrogens is 1. The van der Waals surface area contributed by atoms with Crippen molar-refractivity contribution in [3.05, 3.63) is 0 Å². The summed E-state index contributed by atoms with van der Waals surface area (Å²) in [4.78, 5) is 15.0. The molecule has 3 unspecified atom stereocenters. The van der Waals surface area contributed by atoms with Crippen molar-refractivity contribution >= 4 is 7.82 Å². The molecule has 3 atom stereocenters. The maximum absolute atomic E-state index is 11.0. The Morgan fingerprint density at radius 3 is 1.86 bits per heavy atom. The molecule has 0 radical (unpaired) electrons. The highest BCUT2D eigenvalue weighted by Gasteiger charge is 2.31. The van der Waals surface area contributed by atoms with Crippen LogP contribution in [0.2, 0.25) is 0 Å². The average Bonchev–Trinajstić information content (AvgIpc) is 2.66. The minimum absolute atomic E-state index is 0.226. The Bertz CT molecular complexity index is 305. The normalized spacial score (nSPS) is 25.9. The SMILES string of the molecule is CC1C[NH+](C)C(C)N1C.CCCCOP(=O)([O-])OCCCC. The molecular weight excluding hydrogens is 303 g/mol. The summed E-state index contributed by atoms with van der Waals surface area (Å²) in [5.41, 5.74) is 0. The van der Waals surface area contributed by atoms with Crippen molar-refractivity contribution in [2.45, 2.75) is 65.6 Å². The molecule has 1 saturated heterocycles. The van der Waals surface area contributed by atoms with Gasteiger partial charge in [0.15, 0.2) is 0 Å². The second-order valence-electron chi connectivity index (χ2n) is 6.06. The Morgan fingerprint density at radius 1 is 1.18 bits per heavy atom. The highest BCUT2D eigenvalue weighted by atomic mass is 31.2. The van der Waals surface area contributed by atoms with Gasteiger partial charge in [0.2, 0.25) is 0 Å². The van der Waals surface area contributed by atoms with Crippen LogP contribution in [0.3, 0.4) is 0 Å². The number of phosphoric acid groups is 1. The Balaban J connectivity index is 0.000000425. The van der Waals surface area contributed by atoms with Gasteiger partial charge in [-0.2, -0.15) is 0 Å². The second-order valence-corrected chi connectivity index (χ2v) is 7.47. The fourth-order valence-electron chi connectivity index (χ4n) is 2.19. The monoisotopic (exact) mass is 338 g/mol. The van der Waals surface area contributed by atoms with Gasteiger partial charge >= 0.3 is 0 Å². The van der Waals surface area contributed by atoms with Gasteiger partial charge < -0.3 is 18.8 Å². The first-order valence-electron chi connectivity index (χ1n) is 8.39. The molecule has 0 aromatic heterocycles. The molecule has 6 nitrogen and oxygen atoms in total. The van der Waals surface area contributed by atoms with E-state index < -0.39 is 7.82 Å². The number of hydrogen-bond acceptors (Lipinski definition) is 5. The minimum atomic E-state index is -4.00. The Hall–Kier alpha value is 0.0300. The standard InChI is InChI=1S/C8H19O4P.C7H16N2/c1-3-5-7-11-13(9,10)12-8-6-4-2;1-6-5-8(3)7(2)9(6)4/h3-8H2,1-2H3,(H,9,10);6-7H,5H2,1-4H3. The fraction of sp³-hybridized carbons (Fsp3) is 1.00. The molecule has 0 spiro atoms. The molecule has 0 bridgehead atoms. The van der Waals surface area contributed by atoms with Crippen molar-refractivity contribution in [3.63, 3.8) is 0 Å². The summed E-state index contributed by atoms with van der Waals surface area (Å²) in [7, 11) is 0.453. The fourth-order valence-corrected chi connectivity index (χ4v) is 2.97. The average molecular weight is 338 g/mol. The highest BCUT2D eigenvalue weighted by Crippen LogP contribution is 2.38. The first kappa shape index (κ1) is 22.0. The van der Waals surface area contributed by atoms with Crippen molar-refractivity contribution in [2.75, 3.05) is 33.9 Å². The van der Waals surface area contributed by atoms with E-state index in [4.69, 9.17) is 0 Å². The smallest absolute Gasteiger partial charge is 0.267 e. The number of hydrogen-bond donors (Lipinski definition) is 1. The number of nitrogens with one attached hydrogen (secondary N) is 1. The van der Waals surface area contributed by atoms with Crippen LogP contribution in [0.5, 0.6) is 0 Å². The quantitative estimate of drug-likeness (QED) is 0.533. The molecule has 0 aliphatic carbocycles. The Morgan fingerprint density at radius 2 is 1.64 bits per heavy atom. The van der Waals surface area contributed by atoms with Crippen molar-refractivity contribution < 1.29 is 23.4 Å². The van der Waals surface area contributed by atoms with Gasteiger partial charge in [-0.3, -0.25) is 4.57 Å². The molecule has 0 saturated carbocycles. The molecule has 134 valence electrons. The van der Waals surface area contributed by atoms with Gasteiger partial charge in [0.05, 0.1) is 32.8 Å². The van der Waals surface area contributed by atoms with E-state index in [1.165, 1.54) is 6.54 Å². The molecule has 1 heterocycles. The number of likely N-dealkylation sites (N-methyl/N-ethyl adjacent to an activating group) is 2. The second kappa shape index (κ2) is 11.5. The van der Waals surface area contributed by atoms with E-state index in [1.54, 1.807) is 4.90 Å². The highest BCUT2D eigenvalue weighted by molar-refractivity contribution is 7.45. The molecule has 1 rings (SSSR count). The van der Waals surface area contributed by atoms with Crippen LogP contribution in [-0.2, 0) is 13.6 Å². The lowest BCUT2D eigenvalue weighted by molar-refractivity contribution is -0.896. The molecule has 1 fully saturated rings. The summed E-state index contributed by atoms with van der Waals surface area (Å²) < 4.78 is 20.2. The van der Waals surface area contributed by atoms with Crippen LogP contribution in [-0.4, -0.2) is 51.0 Å². The van der Waals surface area contributed by atoms with Crippen LogP contribution in [0.15, 0.2) is 0 Å². The van der Waals surface area contributed by atoms with Gasteiger partial charge in [-0.1, -0.05) is 26.7 Å². The van der Waals surface area contributed by atoms with Crippen molar-refractivity contribution in [1.82, 2.24) is 4.90 Å². The number of unbranched alkanes of at least 4 members (excludes halogenated alkanes) is 2. The first-order valence-corrected chi connectivity index (χ1v) is 9.85. The molecule has 1 aliphatic rings. The van der Waals surface area contributed by atoms with Crippen molar-refractivity contribution in [3.8, 4) is 0 Å². The van der Waals surface area contributed by atoms with E-state index in [0.717, 1.165) is 31.7 Å². The third-order valence-corrected chi connectivity index (χ3v) is 5.13. The summed E-state index contributed by atoms with van der Waals surface area (Å²) in [5.74, 6) is 0. The van der Waals surface area contributed by atoms with Crippen LogP contribution in [0.4, 0.5) is 0 Å². The predicted octanol–water partition coefficient (Wildman–Crippen LogP) is 1.27. The zero-order chi connectivity index (χ0) is 17.2.